The molecule has 2 rings (SSSR count). The molecule has 1 saturated carbocycles. The van der Waals surface area contributed by atoms with Crippen molar-refractivity contribution in [2.75, 3.05) is 0 Å². The summed E-state index contributed by atoms with van der Waals surface area (Å²) in [6.07, 6.45) is 4.15. The van der Waals surface area contributed by atoms with Gasteiger partial charge in [-0.05, 0) is 31.4 Å². The molecule has 4 heteroatoms. The van der Waals surface area contributed by atoms with Crippen LogP contribution in [0.2, 0.25) is 0 Å². The number of aliphatic hydroxyl groups is 1. The van der Waals surface area contributed by atoms with Gasteiger partial charge in [-0.25, -0.2) is 0 Å². The van der Waals surface area contributed by atoms with Crippen LogP contribution in [0.1, 0.15) is 48.0 Å². The van der Waals surface area contributed by atoms with Crippen LogP contribution in [0.15, 0.2) is 18.2 Å². The Kier molecular flexibility index (Phi) is 4.43. The number of benzene rings is 1. The zero-order valence-corrected chi connectivity index (χ0v) is 11.2. The Morgan fingerprint density at radius 1 is 1.26 bits per heavy atom. The predicted molar refractivity (Wildman–Crippen MR) is 73.2 cm³/mol. The maximum absolute atomic E-state index is 12.2. The number of phenolic OH excluding ortho intramolecular Hbond substituents is 1. The number of rotatable bonds is 2. The van der Waals surface area contributed by atoms with Gasteiger partial charge in [-0.2, -0.15) is 0 Å². The number of phenols is 1. The molecule has 3 N–H and O–H groups in total. The van der Waals surface area contributed by atoms with Crippen LogP contribution in [-0.2, 0) is 0 Å². The van der Waals surface area contributed by atoms with E-state index in [-0.39, 0.29) is 23.3 Å². The van der Waals surface area contributed by atoms with E-state index in [1.54, 1.807) is 25.1 Å². The highest BCUT2D eigenvalue weighted by Gasteiger charge is 2.24. The number of aliphatic hydroxyl groups excluding tert-OH is 1. The molecular formula is C15H21NO3. The summed E-state index contributed by atoms with van der Waals surface area (Å²) in [5.74, 6) is -0.296. The maximum Gasteiger partial charge on any atom is 0.255 e. The number of aryl methyl sites for hydroxylation is 1. The standard InChI is InChI=1S/C15H21NO3/c1-10-6-5-7-11(14(10)18)15(19)16-12-8-3-2-4-9-13(12)17/h5-7,12-13,17-18H,2-4,8-9H2,1H3,(H,16,19). The van der Waals surface area contributed by atoms with Crippen molar-refractivity contribution >= 4 is 5.91 Å². The molecular weight excluding hydrogens is 242 g/mol. The largest absolute Gasteiger partial charge is 0.507 e. The SMILES string of the molecule is Cc1cccc(C(=O)NC2CCCCCC2O)c1O. The minimum atomic E-state index is -0.488. The third-order valence-corrected chi connectivity index (χ3v) is 3.78. The van der Waals surface area contributed by atoms with Crippen LogP contribution in [0.5, 0.6) is 5.75 Å². The normalized spacial score (nSPS) is 23.7. The number of carbonyl (C=O) groups excluding carboxylic acids is 1. The van der Waals surface area contributed by atoms with Crippen molar-refractivity contribution in [3.63, 3.8) is 0 Å². The summed E-state index contributed by atoms with van der Waals surface area (Å²) in [4.78, 5) is 12.2. The van der Waals surface area contributed by atoms with Gasteiger partial charge in [0.2, 0.25) is 0 Å². The zero-order valence-electron chi connectivity index (χ0n) is 11.2. The summed E-state index contributed by atoms with van der Waals surface area (Å²) in [6.45, 7) is 1.76. The maximum atomic E-state index is 12.2. The average molecular weight is 263 g/mol. The number of hydrogen-bond donors (Lipinski definition) is 3. The van der Waals surface area contributed by atoms with E-state index in [0.717, 1.165) is 32.1 Å². The third kappa shape index (κ3) is 3.26. The topological polar surface area (TPSA) is 69.6 Å². The fourth-order valence-electron chi connectivity index (χ4n) is 2.54. The molecule has 1 aromatic carbocycles. The predicted octanol–water partition coefficient (Wildman–Crippen LogP) is 2.12. The molecule has 2 unspecified atom stereocenters. The Balaban J connectivity index is 2.09. The first-order valence-electron chi connectivity index (χ1n) is 6.87. The molecule has 2 atom stereocenters. The number of carbonyl (C=O) groups is 1. The molecule has 1 aromatic rings. The van der Waals surface area contributed by atoms with Crippen LogP contribution >= 0.6 is 0 Å². The van der Waals surface area contributed by atoms with Gasteiger partial charge >= 0.3 is 0 Å². The Labute approximate surface area is 113 Å². The third-order valence-electron chi connectivity index (χ3n) is 3.78. The van der Waals surface area contributed by atoms with E-state index in [0.29, 0.717) is 5.56 Å². The highest BCUT2D eigenvalue weighted by molar-refractivity contribution is 5.97. The summed E-state index contributed by atoms with van der Waals surface area (Å²) >= 11 is 0. The fraction of sp³-hybridized carbons (Fsp3) is 0.533. The van der Waals surface area contributed by atoms with Gasteiger partial charge in [0.15, 0.2) is 0 Å². The van der Waals surface area contributed by atoms with Gasteiger partial charge in [-0.15, -0.1) is 0 Å². The van der Waals surface area contributed by atoms with Gasteiger partial charge < -0.3 is 15.5 Å². The van der Waals surface area contributed by atoms with Crippen molar-refractivity contribution in [1.29, 1.82) is 0 Å². The smallest absolute Gasteiger partial charge is 0.255 e. The van der Waals surface area contributed by atoms with Crippen molar-refractivity contribution in [2.45, 2.75) is 51.2 Å². The Morgan fingerprint density at radius 2 is 2.00 bits per heavy atom. The van der Waals surface area contributed by atoms with Crippen LogP contribution in [-0.4, -0.2) is 28.3 Å². The lowest BCUT2D eigenvalue weighted by atomic mass is 10.0. The van der Waals surface area contributed by atoms with Crippen molar-refractivity contribution in [3.8, 4) is 5.75 Å². The second-order valence-corrected chi connectivity index (χ2v) is 5.26. The number of hydrogen-bond acceptors (Lipinski definition) is 3. The van der Waals surface area contributed by atoms with E-state index >= 15 is 0 Å². The number of nitrogens with one attached hydrogen (secondary N) is 1. The van der Waals surface area contributed by atoms with Crippen LogP contribution in [0.25, 0.3) is 0 Å². The summed E-state index contributed by atoms with van der Waals surface area (Å²) in [5.41, 5.74) is 0.950. The van der Waals surface area contributed by atoms with Crippen LogP contribution in [0.4, 0.5) is 0 Å². The van der Waals surface area contributed by atoms with Gasteiger partial charge in [0.1, 0.15) is 5.75 Å². The monoisotopic (exact) mass is 263 g/mol. The molecule has 0 aliphatic heterocycles. The molecule has 4 nitrogen and oxygen atoms in total. The molecule has 0 heterocycles. The quantitative estimate of drug-likeness (QED) is 0.716. The Bertz CT molecular complexity index is 459. The molecule has 0 bridgehead atoms. The molecule has 1 amide bonds. The van der Waals surface area contributed by atoms with Crippen LogP contribution in [0.3, 0.4) is 0 Å². The molecule has 1 aliphatic rings. The summed E-state index contributed by atoms with van der Waals surface area (Å²) < 4.78 is 0. The first kappa shape index (κ1) is 13.9. The van der Waals surface area contributed by atoms with Gasteiger partial charge in [0, 0.05) is 0 Å². The average Bonchev–Trinajstić information content (AvgIpc) is 2.58. The van der Waals surface area contributed by atoms with Crippen molar-refractivity contribution in [1.82, 2.24) is 5.32 Å². The van der Waals surface area contributed by atoms with Crippen LogP contribution in [0, 0.1) is 6.92 Å². The van der Waals surface area contributed by atoms with Gasteiger partial charge in [0.05, 0.1) is 17.7 Å². The molecule has 0 radical (unpaired) electrons. The number of para-hydroxylation sites is 1. The summed E-state index contributed by atoms with van der Waals surface area (Å²) in [7, 11) is 0. The zero-order chi connectivity index (χ0) is 13.8. The summed E-state index contributed by atoms with van der Waals surface area (Å²) in [6, 6.07) is 4.89. The van der Waals surface area contributed by atoms with Gasteiger partial charge in [-0.1, -0.05) is 31.4 Å². The van der Waals surface area contributed by atoms with Crippen molar-refractivity contribution in [3.05, 3.63) is 29.3 Å². The van der Waals surface area contributed by atoms with Crippen molar-refractivity contribution in [2.24, 2.45) is 0 Å². The molecule has 1 fully saturated rings. The fourth-order valence-corrected chi connectivity index (χ4v) is 2.54. The van der Waals surface area contributed by atoms with E-state index in [1.165, 1.54) is 0 Å². The molecule has 1 aliphatic carbocycles. The highest BCUT2D eigenvalue weighted by atomic mass is 16.3. The van der Waals surface area contributed by atoms with E-state index in [4.69, 9.17) is 0 Å². The van der Waals surface area contributed by atoms with Crippen molar-refractivity contribution < 1.29 is 15.0 Å². The first-order chi connectivity index (χ1) is 9.09. The molecule has 104 valence electrons. The lowest BCUT2D eigenvalue weighted by Crippen LogP contribution is -2.42. The lowest BCUT2D eigenvalue weighted by molar-refractivity contribution is 0.0816. The van der Waals surface area contributed by atoms with Gasteiger partial charge in [0.25, 0.3) is 5.91 Å². The molecule has 0 aromatic heterocycles. The minimum Gasteiger partial charge on any atom is -0.507 e. The Morgan fingerprint density at radius 3 is 2.79 bits per heavy atom. The lowest BCUT2D eigenvalue weighted by Gasteiger charge is -2.22. The van der Waals surface area contributed by atoms with E-state index in [1.807, 2.05) is 0 Å². The second-order valence-electron chi connectivity index (χ2n) is 5.26. The van der Waals surface area contributed by atoms with E-state index in [9.17, 15) is 15.0 Å². The molecule has 0 spiro atoms. The Hall–Kier alpha value is -1.55. The first-order valence-corrected chi connectivity index (χ1v) is 6.87. The van der Waals surface area contributed by atoms with E-state index in [2.05, 4.69) is 5.32 Å². The minimum absolute atomic E-state index is 0.0168. The van der Waals surface area contributed by atoms with E-state index < -0.39 is 6.10 Å². The molecule has 19 heavy (non-hydrogen) atoms. The number of aromatic hydroxyl groups is 1. The second kappa shape index (κ2) is 6.06. The van der Waals surface area contributed by atoms with Gasteiger partial charge in [-0.3, -0.25) is 4.79 Å². The molecule has 0 saturated heterocycles. The number of amides is 1. The summed E-state index contributed by atoms with van der Waals surface area (Å²) in [5, 5.41) is 22.7. The van der Waals surface area contributed by atoms with Crippen LogP contribution < -0.4 is 5.32 Å². The highest BCUT2D eigenvalue weighted by Crippen LogP contribution is 2.23.